The van der Waals surface area contributed by atoms with Gasteiger partial charge in [-0.2, -0.15) is 5.10 Å². The summed E-state index contributed by atoms with van der Waals surface area (Å²) in [5.41, 5.74) is 2.26. The van der Waals surface area contributed by atoms with E-state index in [4.69, 9.17) is 10.1 Å². The van der Waals surface area contributed by atoms with E-state index in [0.29, 0.717) is 12.3 Å². The van der Waals surface area contributed by atoms with Gasteiger partial charge in [0.05, 0.1) is 11.1 Å². The van der Waals surface area contributed by atoms with E-state index in [1.54, 1.807) is 6.33 Å². The number of carbonyl (C=O) groups is 1. The van der Waals surface area contributed by atoms with Gasteiger partial charge in [0.15, 0.2) is 5.65 Å². The molecule has 0 bridgehead atoms. The van der Waals surface area contributed by atoms with Gasteiger partial charge in [0.1, 0.15) is 12.1 Å². The molecule has 7 nitrogen and oxygen atoms in total. The van der Waals surface area contributed by atoms with Crippen molar-refractivity contribution in [1.82, 2.24) is 25.1 Å². The van der Waals surface area contributed by atoms with Gasteiger partial charge in [-0.05, 0) is 38.0 Å². The summed E-state index contributed by atoms with van der Waals surface area (Å²) in [6.07, 6.45) is 8.79. The minimum Gasteiger partial charge on any atom is -0.355 e. The number of carbonyl (C=O) groups excluding carboxylic acids is 1. The van der Waals surface area contributed by atoms with Crippen molar-refractivity contribution in [3.8, 4) is 0 Å². The third kappa shape index (κ3) is 4.09. The Morgan fingerprint density at radius 1 is 1.28 bits per heavy atom. The molecule has 1 N–H and O–H groups in total. The Balaban J connectivity index is 1.71. The van der Waals surface area contributed by atoms with Gasteiger partial charge in [0.2, 0.25) is 5.91 Å². The Bertz CT molecular complexity index is 864. The Morgan fingerprint density at radius 3 is 2.86 bits per heavy atom. The average molecular weight is 399 g/mol. The molecular weight excluding hydrogens is 364 g/mol. The lowest BCUT2D eigenvalue weighted by atomic mass is 9.74. The number of anilines is 1. The Kier molecular flexibility index (Phi) is 5.74. The number of fused-ring (bicyclic) bond motifs is 1. The number of nitrogens with zero attached hydrogens (tertiary/aromatic N) is 5. The number of piperidine rings is 2. The van der Waals surface area contributed by atoms with Crippen LogP contribution in [0.2, 0.25) is 0 Å². The molecule has 7 heteroatoms. The van der Waals surface area contributed by atoms with Crippen LogP contribution >= 0.6 is 0 Å². The number of rotatable bonds is 6. The minimum absolute atomic E-state index is 0.167. The smallest absolute Gasteiger partial charge is 0.220 e. The first-order valence-corrected chi connectivity index (χ1v) is 11.2. The van der Waals surface area contributed by atoms with E-state index in [1.165, 1.54) is 6.42 Å². The number of nitrogens with one attached hydrogen (secondary N) is 1. The van der Waals surface area contributed by atoms with Gasteiger partial charge in [-0.15, -0.1) is 0 Å². The van der Waals surface area contributed by atoms with E-state index in [0.717, 1.165) is 80.8 Å². The van der Waals surface area contributed by atoms with E-state index in [9.17, 15) is 4.79 Å². The Labute approximate surface area is 173 Å². The average Bonchev–Trinajstić information content (AvgIpc) is 3.06. The molecule has 2 aliphatic heterocycles. The van der Waals surface area contributed by atoms with Gasteiger partial charge in [-0.25, -0.2) is 14.6 Å². The highest BCUT2D eigenvalue weighted by Gasteiger charge is 2.39. The Morgan fingerprint density at radius 2 is 2.14 bits per heavy atom. The first kappa shape index (κ1) is 20.1. The molecular formula is C22H34N6O. The van der Waals surface area contributed by atoms with Crippen LogP contribution in [0.15, 0.2) is 6.33 Å². The van der Waals surface area contributed by atoms with Crippen LogP contribution in [0.25, 0.3) is 11.0 Å². The summed E-state index contributed by atoms with van der Waals surface area (Å²) in [5, 5.41) is 9.20. The van der Waals surface area contributed by atoms with Crippen LogP contribution < -0.4 is 10.2 Å². The second kappa shape index (κ2) is 8.28. The standard InChI is InChI=1S/C22H34N6O/c1-4-5-11-28-21-19(17(26-28)12-16(2)3)20(24-15-25-21)27-10-6-8-22(14-27)9-7-18(29)23-13-22/h15-16H,4-14H2,1-3H3,(H,23,29). The van der Waals surface area contributed by atoms with Crippen molar-refractivity contribution in [1.29, 1.82) is 0 Å². The monoisotopic (exact) mass is 398 g/mol. The molecule has 1 spiro atoms. The number of amides is 1. The van der Waals surface area contributed by atoms with Gasteiger partial charge in [-0.1, -0.05) is 27.2 Å². The third-order valence-electron chi connectivity index (χ3n) is 6.41. The second-order valence-corrected chi connectivity index (χ2v) is 9.32. The largest absolute Gasteiger partial charge is 0.355 e. The van der Waals surface area contributed by atoms with Crippen molar-refractivity contribution >= 4 is 22.8 Å². The van der Waals surface area contributed by atoms with E-state index in [2.05, 4.69) is 40.7 Å². The van der Waals surface area contributed by atoms with Crippen LogP contribution in [0.3, 0.4) is 0 Å². The maximum absolute atomic E-state index is 11.7. The van der Waals surface area contributed by atoms with Crippen LogP contribution in [0.1, 0.15) is 65.0 Å². The predicted octanol–water partition coefficient (Wildman–Crippen LogP) is 3.32. The third-order valence-corrected chi connectivity index (χ3v) is 6.41. The highest BCUT2D eigenvalue weighted by molar-refractivity contribution is 5.90. The van der Waals surface area contributed by atoms with Crippen LogP contribution in [0, 0.1) is 11.3 Å². The minimum atomic E-state index is 0.167. The topological polar surface area (TPSA) is 75.9 Å². The zero-order valence-corrected chi connectivity index (χ0v) is 18.1. The van der Waals surface area contributed by atoms with Crippen molar-refractivity contribution in [3.63, 3.8) is 0 Å². The summed E-state index contributed by atoms with van der Waals surface area (Å²) in [4.78, 5) is 23.5. The van der Waals surface area contributed by atoms with Gasteiger partial charge in [0, 0.05) is 38.0 Å². The van der Waals surface area contributed by atoms with Crippen molar-refractivity contribution in [2.75, 3.05) is 24.5 Å². The zero-order valence-electron chi connectivity index (χ0n) is 18.1. The molecule has 2 saturated heterocycles. The molecule has 2 aliphatic rings. The van der Waals surface area contributed by atoms with Crippen LogP contribution in [-0.2, 0) is 17.8 Å². The number of hydrogen-bond donors (Lipinski definition) is 1. The van der Waals surface area contributed by atoms with Gasteiger partial charge >= 0.3 is 0 Å². The van der Waals surface area contributed by atoms with Crippen LogP contribution in [0.4, 0.5) is 5.82 Å². The normalized spacial score (nSPS) is 22.6. The van der Waals surface area contributed by atoms with E-state index < -0.39 is 0 Å². The maximum atomic E-state index is 11.7. The molecule has 0 aliphatic carbocycles. The molecule has 0 saturated carbocycles. The molecule has 0 radical (unpaired) electrons. The van der Waals surface area contributed by atoms with Crippen molar-refractivity contribution < 1.29 is 4.79 Å². The lowest BCUT2D eigenvalue weighted by Gasteiger charge is -2.45. The molecule has 4 rings (SSSR count). The molecule has 2 aromatic heterocycles. The second-order valence-electron chi connectivity index (χ2n) is 9.32. The molecule has 4 heterocycles. The summed E-state index contributed by atoms with van der Waals surface area (Å²) in [7, 11) is 0. The highest BCUT2D eigenvalue weighted by atomic mass is 16.1. The number of aromatic nitrogens is 4. The van der Waals surface area contributed by atoms with Crippen molar-refractivity contribution in [2.45, 2.75) is 72.3 Å². The van der Waals surface area contributed by atoms with E-state index >= 15 is 0 Å². The van der Waals surface area contributed by atoms with Crippen LogP contribution in [-0.4, -0.2) is 45.3 Å². The molecule has 158 valence electrons. The van der Waals surface area contributed by atoms with Crippen molar-refractivity contribution in [2.24, 2.45) is 11.3 Å². The summed E-state index contributed by atoms with van der Waals surface area (Å²) in [6, 6.07) is 0. The first-order valence-electron chi connectivity index (χ1n) is 11.2. The zero-order chi connectivity index (χ0) is 20.4. The maximum Gasteiger partial charge on any atom is 0.220 e. The van der Waals surface area contributed by atoms with Gasteiger partial charge in [0.25, 0.3) is 0 Å². The SMILES string of the molecule is CCCCn1nc(CC(C)C)c2c(N3CCCC4(CCC(=O)NC4)C3)ncnc21. The molecule has 2 fully saturated rings. The fourth-order valence-corrected chi connectivity index (χ4v) is 4.88. The van der Waals surface area contributed by atoms with Gasteiger partial charge in [-0.3, -0.25) is 4.79 Å². The quantitative estimate of drug-likeness (QED) is 0.808. The lowest BCUT2D eigenvalue weighted by molar-refractivity contribution is -0.124. The van der Waals surface area contributed by atoms with Gasteiger partial charge < -0.3 is 10.2 Å². The highest BCUT2D eigenvalue weighted by Crippen LogP contribution is 2.39. The van der Waals surface area contributed by atoms with Crippen LogP contribution in [0.5, 0.6) is 0 Å². The Hall–Kier alpha value is -2.18. The molecule has 1 amide bonds. The van der Waals surface area contributed by atoms with Crippen molar-refractivity contribution in [3.05, 3.63) is 12.0 Å². The summed E-state index contributed by atoms with van der Waals surface area (Å²) in [6.45, 7) is 10.3. The number of aryl methyl sites for hydroxylation is 1. The first-order chi connectivity index (χ1) is 14.0. The summed E-state index contributed by atoms with van der Waals surface area (Å²) >= 11 is 0. The summed E-state index contributed by atoms with van der Waals surface area (Å²) in [5.74, 6) is 1.75. The number of unbranched alkanes of at least 4 members (excludes halogenated alkanes) is 1. The number of hydrogen-bond acceptors (Lipinski definition) is 5. The fraction of sp³-hybridized carbons (Fsp3) is 0.727. The van der Waals surface area contributed by atoms with E-state index in [1.807, 2.05) is 0 Å². The molecule has 1 atom stereocenters. The van der Waals surface area contributed by atoms with E-state index in [-0.39, 0.29) is 11.3 Å². The molecule has 1 unspecified atom stereocenters. The molecule has 0 aromatic carbocycles. The molecule has 2 aromatic rings. The summed E-state index contributed by atoms with van der Waals surface area (Å²) < 4.78 is 2.09. The lowest BCUT2D eigenvalue weighted by Crippen LogP contribution is -2.52. The fourth-order valence-electron chi connectivity index (χ4n) is 4.88. The predicted molar refractivity (Wildman–Crippen MR) is 115 cm³/mol. The molecule has 29 heavy (non-hydrogen) atoms.